The van der Waals surface area contributed by atoms with Crippen LogP contribution in [0.4, 0.5) is 0 Å². The number of ether oxygens (including phenoxy) is 1. The molecule has 0 saturated carbocycles. The van der Waals surface area contributed by atoms with Crippen molar-refractivity contribution in [3.05, 3.63) is 65.3 Å². The fourth-order valence-electron chi connectivity index (χ4n) is 3.33. The van der Waals surface area contributed by atoms with E-state index in [0.29, 0.717) is 23.3 Å². The first kappa shape index (κ1) is 18.3. The molecule has 0 aliphatic carbocycles. The zero-order valence-electron chi connectivity index (χ0n) is 16.3. The molecule has 5 rings (SSSR count). The maximum atomic E-state index is 13.1. The van der Waals surface area contributed by atoms with Gasteiger partial charge in [0.25, 0.3) is 5.91 Å². The van der Waals surface area contributed by atoms with Crippen LogP contribution in [0.3, 0.4) is 0 Å². The molecule has 2 aromatic carbocycles. The Bertz CT molecular complexity index is 1370. The van der Waals surface area contributed by atoms with Crippen molar-refractivity contribution in [2.24, 2.45) is 0 Å². The van der Waals surface area contributed by atoms with E-state index in [4.69, 9.17) is 9.37 Å². The smallest absolute Gasteiger partial charge is 0.271 e. The zero-order valence-corrected chi connectivity index (χ0v) is 17.1. The van der Waals surface area contributed by atoms with E-state index < -0.39 is 0 Å². The molecule has 0 fully saturated rings. The second-order valence-electron chi connectivity index (χ2n) is 6.88. The minimum absolute atomic E-state index is 0.0887. The molecule has 0 atom stereocenters. The Morgan fingerprint density at radius 3 is 2.93 bits per heavy atom. The molecule has 0 unspecified atom stereocenters. The topological polar surface area (TPSA) is 85.8 Å². The number of hydrogen-bond acceptors (Lipinski definition) is 7. The van der Waals surface area contributed by atoms with E-state index in [1.807, 2.05) is 58.4 Å². The van der Waals surface area contributed by atoms with E-state index >= 15 is 0 Å². The summed E-state index contributed by atoms with van der Waals surface area (Å²) in [6, 6.07) is 13.3. The molecule has 0 radical (unpaired) electrons. The molecule has 0 saturated heterocycles. The number of benzene rings is 2. The van der Waals surface area contributed by atoms with Crippen molar-refractivity contribution < 1.29 is 14.2 Å². The SMILES string of the molecule is COc1cccc(-c2cn3c(C(=O)N(C)Cc4ccc5nonc5c4)csc3n2)c1. The molecule has 3 heterocycles. The highest BCUT2D eigenvalue weighted by Crippen LogP contribution is 2.27. The predicted octanol–water partition coefficient (Wildman–Crippen LogP) is 3.88. The molecule has 0 aliphatic rings. The third-order valence-corrected chi connectivity index (χ3v) is 5.72. The van der Waals surface area contributed by atoms with Gasteiger partial charge in [0.1, 0.15) is 22.5 Å². The Labute approximate surface area is 175 Å². The lowest BCUT2D eigenvalue weighted by Crippen LogP contribution is -2.27. The number of amides is 1. The molecule has 9 heteroatoms. The van der Waals surface area contributed by atoms with Crippen LogP contribution in [0.1, 0.15) is 16.1 Å². The zero-order chi connectivity index (χ0) is 20.7. The number of methoxy groups -OCH3 is 1. The Kier molecular flexibility index (Phi) is 4.44. The lowest BCUT2D eigenvalue weighted by molar-refractivity contribution is 0.0778. The van der Waals surface area contributed by atoms with Crippen LogP contribution in [-0.4, -0.2) is 44.7 Å². The van der Waals surface area contributed by atoms with Crippen molar-refractivity contribution in [1.29, 1.82) is 0 Å². The Morgan fingerprint density at radius 1 is 1.20 bits per heavy atom. The average molecular weight is 419 g/mol. The molecule has 8 nitrogen and oxygen atoms in total. The molecular formula is C21H17N5O3S. The molecule has 3 aromatic heterocycles. The number of fused-ring (bicyclic) bond motifs is 2. The lowest BCUT2D eigenvalue weighted by atomic mass is 10.1. The van der Waals surface area contributed by atoms with Crippen molar-refractivity contribution in [2.45, 2.75) is 6.54 Å². The van der Waals surface area contributed by atoms with E-state index in [9.17, 15) is 4.79 Å². The minimum atomic E-state index is -0.0887. The molecular weight excluding hydrogens is 402 g/mol. The average Bonchev–Trinajstić information content (AvgIpc) is 3.48. The van der Waals surface area contributed by atoms with Crippen molar-refractivity contribution in [1.82, 2.24) is 24.6 Å². The standard InChI is InChI=1S/C21H17N5O3S/c1-25(10-13-6-7-16-17(8-13)24-29-23-16)20(27)19-12-30-21-22-18(11-26(19)21)14-4-3-5-15(9-14)28-2/h3-9,11-12H,10H2,1-2H3. The number of hydrogen-bond donors (Lipinski definition) is 0. The van der Waals surface area contributed by atoms with Gasteiger partial charge in [0, 0.05) is 30.7 Å². The minimum Gasteiger partial charge on any atom is -0.497 e. The first-order valence-corrected chi connectivity index (χ1v) is 10.1. The van der Waals surface area contributed by atoms with Crippen molar-refractivity contribution >= 4 is 33.2 Å². The van der Waals surface area contributed by atoms with Gasteiger partial charge in [-0.15, -0.1) is 11.3 Å². The van der Waals surface area contributed by atoms with Crippen molar-refractivity contribution in [3.8, 4) is 17.0 Å². The highest BCUT2D eigenvalue weighted by Gasteiger charge is 2.19. The third-order valence-electron chi connectivity index (χ3n) is 4.88. The molecule has 0 spiro atoms. The van der Waals surface area contributed by atoms with E-state index in [2.05, 4.69) is 15.3 Å². The second-order valence-corrected chi connectivity index (χ2v) is 7.72. The van der Waals surface area contributed by atoms with E-state index in [1.165, 1.54) is 11.3 Å². The quantitative estimate of drug-likeness (QED) is 0.430. The first-order valence-electron chi connectivity index (χ1n) is 9.20. The molecule has 1 amide bonds. The summed E-state index contributed by atoms with van der Waals surface area (Å²) in [5.41, 5.74) is 4.61. The Balaban J connectivity index is 1.41. The van der Waals surface area contributed by atoms with Crippen LogP contribution >= 0.6 is 11.3 Å². The summed E-state index contributed by atoms with van der Waals surface area (Å²) in [7, 11) is 3.41. The van der Waals surface area contributed by atoms with E-state index in [0.717, 1.165) is 27.5 Å². The highest BCUT2D eigenvalue weighted by atomic mass is 32.1. The largest absolute Gasteiger partial charge is 0.497 e. The fourth-order valence-corrected chi connectivity index (χ4v) is 4.17. The monoisotopic (exact) mass is 419 g/mol. The summed E-state index contributed by atoms with van der Waals surface area (Å²) in [6.45, 7) is 0.441. The molecule has 0 aliphatic heterocycles. The summed E-state index contributed by atoms with van der Waals surface area (Å²) < 4.78 is 11.9. The van der Waals surface area contributed by atoms with Gasteiger partial charge in [-0.3, -0.25) is 9.20 Å². The highest BCUT2D eigenvalue weighted by molar-refractivity contribution is 7.15. The number of imidazole rings is 1. The van der Waals surface area contributed by atoms with Gasteiger partial charge in [-0.05, 0) is 40.1 Å². The van der Waals surface area contributed by atoms with Gasteiger partial charge in [-0.25, -0.2) is 9.61 Å². The summed E-state index contributed by atoms with van der Waals surface area (Å²) in [5.74, 6) is 0.674. The van der Waals surface area contributed by atoms with Crippen LogP contribution in [0.5, 0.6) is 5.75 Å². The van der Waals surface area contributed by atoms with Crippen LogP contribution in [0, 0.1) is 0 Å². The normalized spacial score (nSPS) is 11.3. The van der Waals surface area contributed by atoms with E-state index in [-0.39, 0.29) is 5.91 Å². The van der Waals surface area contributed by atoms with Crippen LogP contribution in [0.25, 0.3) is 27.3 Å². The van der Waals surface area contributed by atoms with Crippen LogP contribution in [0.2, 0.25) is 0 Å². The Morgan fingerprint density at radius 2 is 2.07 bits per heavy atom. The molecule has 150 valence electrons. The molecule has 0 bridgehead atoms. The van der Waals surface area contributed by atoms with Gasteiger partial charge in [-0.2, -0.15) is 0 Å². The maximum Gasteiger partial charge on any atom is 0.271 e. The number of thiazole rings is 1. The molecule has 30 heavy (non-hydrogen) atoms. The number of rotatable bonds is 5. The second kappa shape index (κ2) is 7.27. The number of aromatic nitrogens is 4. The summed E-state index contributed by atoms with van der Waals surface area (Å²) in [5, 5.41) is 9.50. The van der Waals surface area contributed by atoms with Gasteiger partial charge >= 0.3 is 0 Å². The van der Waals surface area contributed by atoms with Gasteiger partial charge in [0.05, 0.1) is 12.8 Å². The fraction of sp³-hybridized carbons (Fsp3) is 0.143. The Hall–Kier alpha value is -3.72. The number of nitrogens with zero attached hydrogens (tertiary/aromatic N) is 5. The summed E-state index contributed by atoms with van der Waals surface area (Å²) >= 11 is 1.44. The van der Waals surface area contributed by atoms with Crippen LogP contribution in [0.15, 0.2) is 58.7 Å². The van der Waals surface area contributed by atoms with Crippen molar-refractivity contribution in [3.63, 3.8) is 0 Å². The van der Waals surface area contributed by atoms with Gasteiger partial charge < -0.3 is 9.64 Å². The van der Waals surface area contributed by atoms with Crippen LogP contribution < -0.4 is 4.74 Å². The predicted molar refractivity (Wildman–Crippen MR) is 113 cm³/mol. The molecule has 5 aromatic rings. The third kappa shape index (κ3) is 3.18. The van der Waals surface area contributed by atoms with E-state index in [1.54, 1.807) is 19.1 Å². The van der Waals surface area contributed by atoms with Gasteiger partial charge in [0.15, 0.2) is 4.96 Å². The number of carbonyl (C=O) groups is 1. The number of carbonyl (C=O) groups excluding carboxylic acids is 1. The molecule has 0 N–H and O–H groups in total. The lowest BCUT2D eigenvalue weighted by Gasteiger charge is -2.16. The van der Waals surface area contributed by atoms with Crippen molar-refractivity contribution in [2.75, 3.05) is 14.2 Å². The summed E-state index contributed by atoms with van der Waals surface area (Å²) in [6.07, 6.45) is 1.88. The van der Waals surface area contributed by atoms with Crippen LogP contribution in [-0.2, 0) is 6.54 Å². The maximum absolute atomic E-state index is 13.1. The van der Waals surface area contributed by atoms with Gasteiger partial charge in [0.2, 0.25) is 0 Å². The van der Waals surface area contributed by atoms with Gasteiger partial charge in [-0.1, -0.05) is 18.2 Å². The summed E-state index contributed by atoms with van der Waals surface area (Å²) in [4.78, 5) is 20.2. The first-order chi connectivity index (χ1) is 14.6.